The van der Waals surface area contributed by atoms with Crippen LogP contribution in [-0.2, 0) is 9.59 Å². The van der Waals surface area contributed by atoms with Crippen LogP contribution in [0.4, 0.5) is 0 Å². The predicted molar refractivity (Wildman–Crippen MR) is 50.7 cm³/mol. The van der Waals surface area contributed by atoms with Gasteiger partial charge in [0.05, 0.1) is 6.42 Å². The van der Waals surface area contributed by atoms with E-state index in [1.54, 1.807) is 0 Å². The van der Waals surface area contributed by atoms with E-state index in [1.807, 2.05) is 0 Å². The number of carboxylic acid groups (broad SMARTS) is 2. The number of carbonyl (C=O) groups is 2. The first kappa shape index (κ1) is 12.5. The smallest absolute Gasteiger partial charge is 0.304 e. The molecule has 0 amide bonds. The van der Waals surface area contributed by atoms with Crippen molar-refractivity contribution in [2.24, 2.45) is 0 Å². The van der Waals surface area contributed by atoms with Gasteiger partial charge in [0.25, 0.3) is 0 Å². The summed E-state index contributed by atoms with van der Waals surface area (Å²) in [5.74, 6) is 3.90. The number of rotatable bonds is 6. The Morgan fingerprint density at radius 2 is 1.43 bits per heavy atom. The molecule has 0 aliphatic heterocycles. The first-order valence-electron chi connectivity index (χ1n) is 4.52. The molecule has 0 spiro atoms. The molecule has 0 saturated heterocycles. The first-order valence-corrected chi connectivity index (χ1v) is 4.52. The van der Waals surface area contributed by atoms with E-state index in [4.69, 9.17) is 10.2 Å². The monoisotopic (exact) mass is 198 g/mol. The summed E-state index contributed by atoms with van der Waals surface area (Å²) in [6.07, 6.45) is 2.65. The minimum Gasteiger partial charge on any atom is -0.481 e. The summed E-state index contributed by atoms with van der Waals surface area (Å²) in [4.78, 5) is 20.2. The van der Waals surface area contributed by atoms with Crippen LogP contribution in [0.15, 0.2) is 0 Å². The molecule has 0 aromatic heterocycles. The van der Waals surface area contributed by atoms with Gasteiger partial charge in [-0.05, 0) is 12.8 Å². The van der Waals surface area contributed by atoms with Gasteiger partial charge >= 0.3 is 11.9 Å². The fraction of sp³-hybridized carbons (Fsp3) is 0.600. The van der Waals surface area contributed by atoms with Crippen LogP contribution in [0.3, 0.4) is 0 Å². The minimum absolute atomic E-state index is 0.0716. The third-order valence-corrected chi connectivity index (χ3v) is 1.53. The average molecular weight is 198 g/mol. The van der Waals surface area contributed by atoms with E-state index < -0.39 is 11.9 Å². The lowest BCUT2D eigenvalue weighted by Crippen LogP contribution is -1.93. The molecule has 0 heterocycles. The van der Waals surface area contributed by atoms with Crippen molar-refractivity contribution >= 4 is 11.9 Å². The predicted octanol–water partition coefficient (Wildman–Crippen LogP) is 1.50. The van der Waals surface area contributed by atoms with E-state index in [0.717, 1.165) is 6.42 Å². The highest BCUT2D eigenvalue weighted by Crippen LogP contribution is 1.98. The quantitative estimate of drug-likeness (QED) is 0.501. The van der Waals surface area contributed by atoms with Gasteiger partial charge < -0.3 is 10.2 Å². The molecule has 4 nitrogen and oxygen atoms in total. The molecule has 0 atom stereocenters. The van der Waals surface area contributed by atoms with E-state index >= 15 is 0 Å². The zero-order chi connectivity index (χ0) is 10.8. The van der Waals surface area contributed by atoms with Crippen molar-refractivity contribution in [3.63, 3.8) is 0 Å². The van der Waals surface area contributed by atoms with Gasteiger partial charge in [0.15, 0.2) is 0 Å². The van der Waals surface area contributed by atoms with Gasteiger partial charge in [-0.15, -0.1) is 11.8 Å². The van der Waals surface area contributed by atoms with Crippen molar-refractivity contribution in [2.45, 2.75) is 38.5 Å². The number of carboxylic acids is 2. The Morgan fingerprint density at radius 1 is 0.857 bits per heavy atom. The Kier molecular flexibility index (Phi) is 7.24. The maximum absolute atomic E-state index is 10.1. The third kappa shape index (κ3) is 10.5. The summed E-state index contributed by atoms with van der Waals surface area (Å²) in [6.45, 7) is 0. The Balaban J connectivity index is 3.26. The third-order valence-electron chi connectivity index (χ3n) is 1.53. The topological polar surface area (TPSA) is 74.6 Å². The van der Waals surface area contributed by atoms with Crippen LogP contribution in [0.2, 0.25) is 0 Å². The molecule has 2 N–H and O–H groups in total. The summed E-state index contributed by atoms with van der Waals surface area (Å²) < 4.78 is 0. The van der Waals surface area contributed by atoms with E-state index in [9.17, 15) is 9.59 Å². The van der Waals surface area contributed by atoms with Gasteiger partial charge in [-0.2, -0.15) is 0 Å². The molecule has 0 aromatic rings. The Labute approximate surface area is 82.9 Å². The van der Waals surface area contributed by atoms with E-state index in [1.165, 1.54) is 0 Å². The molecule has 14 heavy (non-hydrogen) atoms. The zero-order valence-electron chi connectivity index (χ0n) is 7.95. The molecular formula is C10H14O4. The number of unbranched alkanes of at least 4 members (excludes halogenated alkanes) is 2. The fourth-order valence-corrected chi connectivity index (χ4v) is 0.836. The summed E-state index contributed by atoms with van der Waals surface area (Å²) in [5.41, 5.74) is 0. The molecule has 0 aromatic carbocycles. The average Bonchev–Trinajstić information content (AvgIpc) is 2.08. The lowest BCUT2D eigenvalue weighted by Gasteiger charge is -1.90. The number of hydrogen-bond acceptors (Lipinski definition) is 2. The molecular weight excluding hydrogens is 184 g/mol. The SMILES string of the molecule is O=C(O)CCC#CCCCCC(=O)O. The van der Waals surface area contributed by atoms with Crippen molar-refractivity contribution in [2.75, 3.05) is 0 Å². The molecule has 0 aliphatic rings. The largest absolute Gasteiger partial charge is 0.481 e. The molecule has 0 fully saturated rings. The molecule has 4 heteroatoms. The van der Waals surface area contributed by atoms with Crippen LogP contribution < -0.4 is 0 Å². The van der Waals surface area contributed by atoms with Crippen molar-refractivity contribution in [3.05, 3.63) is 0 Å². The summed E-state index contributed by atoms with van der Waals surface area (Å²) in [7, 11) is 0. The highest BCUT2D eigenvalue weighted by molar-refractivity contribution is 5.67. The normalized spacial score (nSPS) is 8.86. The van der Waals surface area contributed by atoms with E-state index in [2.05, 4.69) is 11.8 Å². The van der Waals surface area contributed by atoms with Gasteiger partial charge in [0, 0.05) is 19.3 Å². The molecule has 0 rings (SSSR count). The molecule has 0 radical (unpaired) electrons. The van der Waals surface area contributed by atoms with Crippen molar-refractivity contribution in [1.82, 2.24) is 0 Å². The fourth-order valence-electron chi connectivity index (χ4n) is 0.836. The zero-order valence-corrected chi connectivity index (χ0v) is 7.95. The molecule has 78 valence electrons. The maximum Gasteiger partial charge on any atom is 0.304 e. The standard InChI is InChI=1S/C10H14O4/c11-9(12)7-5-3-1-2-4-6-8-10(13)14/h1,3,5-8H2,(H,11,12)(H,13,14). The van der Waals surface area contributed by atoms with Gasteiger partial charge in [-0.25, -0.2) is 0 Å². The van der Waals surface area contributed by atoms with Crippen LogP contribution in [0.1, 0.15) is 38.5 Å². The molecule has 0 bridgehead atoms. The molecule has 0 unspecified atom stereocenters. The Hall–Kier alpha value is -1.50. The van der Waals surface area contributed by atoms with Crippen LogP contribution in [-0.4, -0.2) is 22.2 Å². The lowest BCUT2D eigenvalue weighted by molar-refractivity contribution is -0.138. The van der Waals surface area contributed by atoms with Gasteiger partial charge in [0.2, 0.25) is 0 Å². The van der Waals surface area contributed by atoms with Gasteiger partial charge in [0.1, 0.15) is 0 Å². The van der Waals surface area contributed by atoms with Crippen LogP contribution in [0.5, 0.6) is 0 Å². The first-order chi connectivity index (χ1) is 6.63. The van der Waals surface area contributed by atoms with Gasteiger partial charge in [-0.3, -0.25) is 9.59 Å². The minimum atomic E-state index is -0.842. The van der Waals surface area contributed by atoms with Crippen molar-refractivity contribution in [3.8, 4) is 11.8 Å². The Morgan fingerprint density at radius 3 is 2.00 bits per heavy atom. The number of aliphatic carboxylic acids is 2. The van der Waals surface area contributed by atoms with E-state index in [0.29, 0.717) is 19.3 Å². The highest BCUT2D eigenvalue weighted by atomic mass is 16.4. The second kappa shape index (κ2) is 8.11. The van der Waals surface area contributed by atoms with Gasteiger partial charge in [-0.1, -0.05) is 0 Å². The second-order valence-electron chi connectivity index (χ2n) is 2.85. The van der Waals surface area contributed by atoms with Crippen LogP contribution in [0, 0.1) is 11.8 Å². The summed E-state index contributed by atoms with van der Waals surface area (Å²) in [5, 5.41) is 16.6. The maximum atomic E-state index is 10.1. The Bertz CT molecular complexity index is 247. The summed E-state index contributed by atoms with van der Waals surface area (Å²) >= 11 is 0. The molecule has 0 aliphatic carbocycles. The second-order valence-corrected chi connectivity index (χ2v) is 2.85. The van der Waals surface area contributed by atoms with Crippen molar-refractivity contribution in [1.29, 1.82) is 0 Å². The summed E-state index contributed by atoms with van der Waals surface area (Å²) in [6, 6.07) is 0. The lowest BCUT2D eigenvalue weighted by atomic mass is 10.2. The highest BCUT2D eigenvalue weighted by Gasteiger charge is 1.94. The van der Waals surface area contributed by atoms with Crippen LogP contribution >= 0.6 is 0 Å². The molecule has 0 saturated carbocycles. The van der Waals surface area contributed by atoms with Crippen LogP contribution in [0.25, 0.3) is 0 Å². The van der Waals surface area contributed by atoms with E-state index in [-0.39, 0.29) is 12.8 Å². The van der Waals surface area contributed by atoms with Crippen molar-refractivity contribution < 1.29 is 19.8 Å². The number of hydrogen-bond donors (Lipinski definition) is 2.